The number of fused-ring (bicyclic) bond motifs is 1. The van der Waals surface area contributed by atoms with Gasteiger partial charge >= 0.3 is 0 Å². The van der Waals surface area contributed by atoms with Crippen LogP contribution in [0.25, 0.3) is 5.65 Å². The fourth-order valence-corrected chi connectivity index (χ4v) is 4.11. The second-order valence-corrected chi connectivity index (χ2v) is 7.05. The Kier molecular flexibility index (Phi) is 3.72. The zero-order valence-corrected chi connectivity index (χ0v) is 13.6. The van der Waals surface area contributed by atoms with Crippen LogP contribution in [0.15, 0.2) is 41.4 Å². The molecule has 1 aromatic carbocycles. The molecule has 2 aromatic heterocycles. The normalized spacial score (nSPS) is 11.8. The topological polar surface area (TPSA) is 76.4 Å². The Morgan fingerprint density at radius 1 is 1.14 bits per heavy atom. The molecule has 9 heteroatoms. The van der Waals surface area contributed by atoms with E-state index in [0.717, 1.165) is 5.56 Å². The molecule has 2 heterocycles. The minimum absolute atomic E-state index is 0.0321. The summed E-state index contributed by atoms with van der Waals surface area (Å²) in [7, 11) is -3.98. The number of hydrogen-bond acceptors (Lipinski definition) is 4. The molecule has 0 atom stereocenters. The van der Waals surface area contributed by atoms with Crippen molar-refractivity contribution in [1.82, 2.24) is 14.6 Å². The molecule has 0 bridgehead atoms. The summed E-state index contributed by atoms with van der Waals surface area (Å²) in [6.45, 7) is 1.90. The lowest BCUT2D eigenvalue weighted by atomic mass is 10.3. The maximum atomic E-state index is 12.5. The van der Waals surface area contributed by atoms with Crippen LogP contribution < -0.4 is 4.72 Å². The van der Waals surface area contributed by atoms with Gasteiger partial charge in [-0.3, -0.25) is 4.40 Å². The standard InChI is InChI=1S/C13H10Cl2N4O2S/c1-8-5-6-19-11(7-8)16-17-13(19)18-22(20,21)12-9(14)3-2-4-10(12)15/h2-7H,1H3,(H,17,18). The van der Waals surface area contributed by atoms with Crippen LogP contribution in [0, 0.1) is 6.92 Å². The third-order valence-electron chi connectivity index (χ3n) is 2.98. The fraction of sp³-hybridized carbons (Fsp3) is 0.0769. The van der Waals surface area contributed by atoms with Crippen molar-refractivity contribution in [1.29, 1.82) is 0 Å². The van der Waals surface area contributed by atoms with Crippen molar-refractivity contribution in [3.8, 4) is 0 Å². The lowest BCUT2D eigenvalue weighted by molar-refractivity contribution is 0.601. The Morgan fingerprint density at radius 3 is 2.50 bits per heavy atom. The van der Waals surface area contributed by atoms with Crippen LogP contribution in [-0.4, -0.2) is 23.0 Å². The van der Waals surface area contributed by atoms with Crippen LogP contribution in [-0.2, 0) is 10.0 Å². The lowest BCUT2D eigenvalue weighted by Crippen LogP contribution is -2.16. The van der Waals surface area contributed by atoms with Crippen molar-refractivity contribution in [2.75, 3.05) is 4.72 Å². The van der Waals surface area contributed by atoms with E-state index in [4.69, 9.17) is 23.2 Å². The lowest BCUT2D eigenvalue weighted by Gasteiger charge is -2.09. The van der Waals surface area contributed by atoms with Gasteiger partial charge in [0, 0.05) is 6.20 Å². The molecule has 22 heavy (non-hydrogen) atoms. The molecule has 1 N–H and O–H groups in total. The molecule has 3 aromatic rings. The first kappa shape index (κ1) is 15.1. The first-order valence-electron chi connectivity index (χ1n) is 6.17. The van der Waals surface area contributed by atoms with Crippen LogP contribution in [0.5, 0.6) is 0 Å². The molecule has 0 radical (unpaired) electrons. The number of rotatable bonds is 3. The summed E-state index contributed by atoms with van der Waals surface area (Å²) in [4.78, 5) is -0.192. The van der Waals surface area contributed by atoms with E-state index in [-0.39, 0.29) is 20.9 Å². The summed E-state index contributed by atoms with van der Waals surface area (Å²) in [5.74, 6) is 0.0611. The maximum absolute atomic E-state index is 12.5. The number of pyridine rings is 1. The van der Waals surface area contributed by atoms with Gasteiger partial charge in [0.25, 0.3) is 10.0 Å². The third-order valence-corrected chi connectivity index (χ3v) is 5.26. The van der Waals surface area contributed by atoms with E-state index in [9.17, 15) is 8.42 Å². The number of halogens is 2. The summed E-state index contributed by atoms with van der Waals surface area (Å²) in [5.41, 5.74) is 1.52. The highest BCUT2D eigenvalue weighted by Gasteiger charge is 2.23. The molecule has 0 aliphatic carbocycles. The van der Waals surface area contributed by atoms with Crippen molar-refractivity contribution in [2.45, 2.75) is 11.8 Å². The Balaban J connectivity index is 2.07. The van der Waals surface area contributed by atoms with Crippen LogP contribution in [0.3, 0.4) is 0 Å². The molecule has 0 aliphatic rings. The van der Waals surface area contributed by atoms with Gasteiger partial charge in [0.1, 0.15) is 4.90 Å². The molecule has 0 amide bonds. The van der Waals surface area contributed by atoms with Gasteiger partial charge in [-0.1, -0.05) is 29.3 Å². The SMILES string of the molecule is Cc1ccn2c(NS(=O)(=O)c3c(Cl)cccc3Cl)nnc2c1. The second kappa shape index (κ2) is 5.42. The zero-order chi connectivity index (χ0) is 15.9. The Morgan fingerprint density at radius 2 is 1.82 bits per heavy atom. The van der Waals surface area contributed by atoms with E-state index in [1.165, 1.54) is 16.5 Å². The minimum atomic E-state index is -3.98. The van der Waals surface area contributed by atoms with Gasteiger partial charge < -0.3 is 0 Å². The van der Waals surface area contributed by atoms with E-state index >= 15 is 0 Å². The molecule has 3 rings (SSSR count). The molecule has 0 aliphatic heterocycles. The van der Waals surface area contributed by atoms with E-state index in [1.54, 1.807) is 18.3 Å². The van der Waals surface area contributed by atoms with E-state index in [2.05, 4.69) is 14.9 Å². The summed E-state index contributed by atoms with van der Waals surface area (Å²) < 4.78 is 28.9. The first-order valence-corrected chi connectivity index (χ1v) is 8.40. The number of aromatic nitrogens is 3. The van der Waals surface area contributed by atoms with Gasteiger partial charge in [-0.05, 0) is 36.8 Å². The van der Waals surface area contributed by atoms with Crippen molar-refractivity contribution < 1.29 is 8.42 Å². The number of anilines is 1. The van der Waals surface area contributed by atoms with Gasteiger partial charge in [-0.25, -0.2) is 13.1 Å². The van der Waals surface area contributed by atoms with Crippen molar-refractivity contribution in [3.05, 3.63) is 52.1 Å². The summed E-state index contributed by atoms with van der Waals surface area (Å²) in [6, 6.07) is 8.07. The van der Waals surface area contributed by atoms with E-state index in [0.29, 0.717) is 5.65 Å². The molecule has 6 nitrogen and oxygen atoms in total. The number of hydrogen-bond donors (Lipinski definition) is 1. The third kappa shape index (κ3) is 2.63. The highest BCUT2D eigenvalue weighted by Crippen LogP contribution is 2.30. The Hall–Kier alpha value is -1.83. The minimum Gasteiger partial charge on any atom is -0.268 e. The van der Waals surface area contributed by atoms with Crippen LogP contribution in [0.2, 0.25) is 10.0 Å². The van der Waals surface area contributed by atoms with Crippen LogP contribution >= 0.6 is 23.2 Å². The Labute approximate surface area is 136 Å². The van der Waals surface area contributed by atoms with Gasteiger partial charge in [-0.2, -0.15) is 0 Å². The second-order valence-electron chi connectivity index (χ2n) is 4.61. The summed E-state index contributed by atoms with van der Waals surface area (Å²) in [5, 5.41) is 7.83. The molecule has 114 valence electrons. The Bertz CT molecular complexity index is 949. The average molecular weight is 357 g/mol. The molecule has 0 saturated carbocycles. The highest BCUT2D eigenvalue weighted by molar-refractivity contribution is 7.93. The smallest absolute Gasteiger partial charge is 0.267 e. The van der Waals surface area contributed by atoms with Gasteiger partial charge in [-0.15, -0.1) is 10.2 Å². The molecule has 0 unspecified atom stereocenters. The molecular weight excluding hydrogens is 347 g/mol. The monoisotopic (exact) mass is 356 g/mol. The predicted octanol–water partition coefficient (Wildman–Crippen LogP) is 3.15. The largest absolute Gasteiger partial charge is 0.268 e. The van der Waals surface area contributed by atoms with E-state index < -0.39 is 10.0 Å². The van der Waals surface area contributed by atoms with E-state index in [1.807, 2.05) is 13.0 Å². The number of nitrogens with zero attached hydrogens (tertiary/aromatic N) is 3. The van der Waals surface area contributed by atoms with Gasteiger partial charge in [0.2, 0.25) is 5.95 Å². The number of benzene rings is 1. The van der Waals surface area contributed by atoms with Crippen molar-refractivity contribution >= 4 is 44.8 Å². The van der Waals surface area contributed by atoms with Crippen molar-refractivity contribution in [3.63, 3.8) is 0 Å². The fourth-order valence-electron chi connectivity index (χ4n) is 1.97. The number of nitrogens with one attached hydrogen (secondary N) is 1. The van der Waals surface area contributed by atoms with Gasteiger partial charge in [0.05, 0.1) is 10.0 Å². The van der Waals surface area contributed by atoms with Crippen LogP contribution in [0.4, 0.5) is 5.95 Å². The first-order chi connectivity index (χ1) is 10.4. The zero-order valence-electron chi connectivity index (χ0n) is 11.3. The van der Waals surface area contributed by atoms with Crippen molar-refractivity contribution in [2.24, 2.45) is 0 Å². The molecular formula is C13H10Cl2N4O2S. The van der Waals surface area contributed by atoms with Crippen LogP contribution in [0.1, 0.15) is 5.56 Å². The van der Waals surface area contributed by atoms with Gasteiger partial charge in [0.15, 0.2) is 5.65 Å². The molecule has 0 saturated heterocycles. The highest BCUT2D eigenvalue weighted by atomic mass is 35.5. The number of aryl methyl sites for hydroxylation is 1. The predicted molar refractivity (Wildman–Crippen MR) is 85.0 cm³/mol. The summed E-state index contributed by atoms with van der Waals surface area (Å²) in [6.07, 6.45) is 1.68. The maximum Gasteiger partial charge on any atom is 0.267 e. The molecule has 0 spiro atoms. The summed E-state index contributed by atoms with van der Waals surface area (Å²) >= 11 is 11.9. The number of sulfonamides is 1. The quantitative estimate of drug-likeness (QED) is 0.781. The molecule has 0 fully saturated rings. The average Bonchev–Trinajstić information content (AvgIpc) is 2.79.